The van der Waals surface area contributed by atoms with Crippen LogP contribution in [0.25, 0.3) is 0 Å². The molecule has 0 fully saturated rings. The Balaban J connectivity index is 2.63. The van der Waals surface area contributed by atoms with Crippen LogP contribution < -0.4 is 16.4 Å². The molecule has 0 saturated heterocycles. The van der Waals surface area contributed by atoms with Crippen molar-refractivity contribution in [2.24, 2.45) is 5.73 Å². The molecule has 1 rings (SSSR count). The number of hydrogen-bond donors (Lipinski definition) is 3. The van der Waals surface area contributed by atoms with Crippen molar-refractivity contribution < 1.29 is 9.59 Å². The maximum absolute atomic E-state index is 11.8. The van der Waals surface area contributed by atoms with E-state index < -0.39 is 5.91 Å². The highest BCUT2D eigenvalue weighted by molar-refractivity contribution is 5.95. The Morgan fingerprint density at radius 1 is 1.33 bits per heavy atom. The summed E-state index contributed by atoms with van der Waals surface area (Å²) in [7, 11) is 0. The molecule has 2 amide bonds. The van der Waals surface area contributed by atoms with Gasteiger partial charge in [-0.2, -0.15) is 0 Å². The lowest BCUT2D eigenvalue weighted by atomic mass is 10.1. The summed E-state index contributed by atoms with van der Waals surface area (Å²) in [5.74, 6) is -0.614. The third-order valence-electron chi connectivity index (χ3n) is 2.51. The van der Waals surface area contributed by atoms with E-state index in [-0.39, 0.29) is 18.9 Å². The van der Waals surface area contributed by atoms with Crippen LogP contribution in [0.5, 0.6) is 0 Å². The first kappa shape index (κ1) is 14.0. The summed E-state index contributed by atoms with van der Waals surface area (Å²) in [4.78, 5) is 22.3. The maximum atomic E-state index is 11.8. The molecule has 0 atom stereocenters. The van der Waals surface area contributed by atoms with E-state index in [0.29, 0.717) is 5.56 Å². The molecule has 0 aromatic heterocycles. The molecule has 0 spiro atoms. The number of carbonyl (C=O) groups is 2. The second-order valence-corrected chi connectivity index (χ2v) is 4.03. The van der Waals surface area contributed by atoms with Gasteiger partial charge >= 0.3 is 0 Å². The van der Waals surface area contributed by atoms with Crippen LogP contribution in [0, 0.1) is 6.92 Å². The molecule has 0 heterocycles. The Kier molecular flexibility index (Phi) is 5.17. The van der Waals surface area contributed by atoms with Gasteiger partial charge in [-0.25, -0.2) is 0 Å². The van der Waals surface area contributed by atoms with E-state index in [0.717, 1.165) is 17.8 Å². The average Bonchev–Trinajstić information content (AvgIpc) is 2.31. The number of nitrogens with two attached hydrogens (primary N) is 1. The fraction of sp³-hybridized carbons (Fsp3) is 0.385. The van der Waals surface area contributed by atoms with E-state index in [1.165, 1.54) is 0 Å². The Morgan fingerprint density at radius 3 is 2.61 bits per heavy atom. The van der Waals surface area contributed by atoms with Gasteiger partial charge in [-0.15, -0.1) is 0 Å². The molecule has 5 heteroatoms. The zero-order chi connectivity index (χ0) is 13.5. The molecule has 0 aliphatic heterocycles. The van der Waals surface area contributed by atoms with Crippen molar-refractivity contribution in [3.8, 4) is 0 Å². The van der Waals surface area contributed by atoms with Gasteiger partial charge in [0.2, 0.25) is 5.91 Å². The molecule has 98 valence electrons. The minimum atomic E-state index is -0.422. The number of benzene rings is 1. The first-order valence-electron chi connectivity index (χ1n) is 5.95. The Labute approximate surface area is 107 Å². The molecule has 5 nitrogen and oxygen atoms in total. The van der Waals surface area contributed by atoms with Gasteiger partial charge < -0.3 is 16.4 Å². The van der Waals surface area contributed by atoms with E-state index in [1.807, 2.05) is 26.0 Å². The molecule has 0 unspecified atom stereocenters. The van der Waals surface area contributed by atoms with Gasteiger partial charge in [-0.3, -0.25) is 9.59 Å². The first-order valence-corrected chi connectivity index (χ1v) is 5.95. The van der Waals surface area contributed by atoms with Crippen LogP contribution in [0.1, 0.15) is 29.3 Å². The van der Waals surface area contributed by atoms with Crippen molar-refractivity contribution in [1.29, 1.82) is 0 Å². The summed E-state index contributed by atoms with van der Waals surface area (Å²) in [6.07, 6.45) is 0.153. The van der Waals surface area contributed by atoms with Gasteiger partial charge in [-0.05, 0) is 37.6 Å². The predicted octanol–water partition coefficient (Wildman–Crippen LogP) is 1.03. The number of hydrogen-bond acceptors (Lipinski definition) is 3. The molecule has 0 radical (unpaired) electrons. The average molecular weight is 249 g/mol. The molecule has 18 heavy (non-hydrogen) atoms. The van der Waals surface area contributed by atoms with Gasteiger partial charge in [-0.1, -0.05) is 0 Å². The second-order valence-electron chi connectivity index (χ2n) is 4.03. The highest BCUT2D eigenvalue weighted by Gasteiger charge is 2.07. The molecule has 0 bridgehead atoms. The zero-order valence-corrected chi connectivity index (χ0v) is 10.7. The third-order valence-corrected chi connectivity index (χ3v) is 2.51. The Bertz CT molecular complexity index is 444. The Morgan fingerprint density at radius 2 is 2.06 bits per heavy atom. The van der Waals surface area contributed by atoms with Crippen LogP contribution in [0.2, 0.25) is 0 Å². The topological polar surface area (TPSA) is 84.2 Å². The number of rotatable bonds is 6. The van der Waals surface area contributed by atoms with Crippen LogP contribution >= 0.6 is 0 Å². The molecule has 0 saturated carbocycles. The lowest BCUT2D eigenvalue weighted by molar-refractivity contribution is -0.117. The van der Waals surface area contributed by atoms with Crippen LogP contribution in [0.4, 0.5) is 5.69 Å². The normalized spacial score (nSPS) is 9.89. The standard InChI is InChI=1S/C13H19N3O2/c1-3-15-11-5-4-10(8-9(11)2)13(18)16-7-6-12(14)17/h4-5,8,15H,3,6-7H2,1-2H3,(H2,14,17)(H,16,18). The lowest BCUT2D eigenvalue weighted by Crippen LogP contribution is -2.27. The SMILES string of the molecule is CCNc1ccc(C(=O)NCCC(N)=O)cc1C. The minimum absolute atomic E-state index is 0.153. The Hall–Kier alpha value is -2.04. The fourth-order valence-corrected chi connectivity index (χ4v) is 1.59. The quantitative estimate of drug-likeness (QED) is 0.704. The molecule has 0 aliphatic carbocycles. The molecular formula is C13H19N3O2. The predicted molar refractivity (Wildman–Crippen MR) is 71.5 cm³/mol. The van der Waals surface area contributed by atoms with Crippen molar-refractivity contribution >= 4 is 17.5 Å². The largest absolute Gasteiger partial charge is 0.385 e. The molecule has 0 aliphatic rings. The highest BCUT2D eigenvalue weighted by Crippen LogP contribution is 2.16. The highest BCUT2D eigenvalue weighted by atomic mass is 16.2. The van der Waals surface area contributed by atoms with Crippen molar-refractivity contribution in [2.45, 2.75) is 20.3 Å². The van der Waals surface area contributed by atoms with Crippen LogP contribution in [0.3, 0.4) is 0 Å². The van der Waals surface area contributed by atoms with Crippen molar-refractivity contribution in [3.63, 3.8) is 0 Å². The van der Waals surface area contributed by atoms with Crippen LogP contribution in [0.15, 0.2) is 18.2 Å². The number of amides is 2. The maximum Gasteiger partial charge on any atom is 0.251 e. The van der Waals surface area contributed by atoms with Crippen LogP contribution in [-0.4, -0.2) is 24.9 Å². The van der Waals surface area contributed by atoms with Gasteiger partial charge in [0.15, 0.2) is 0 Å². The van der Waals surface area contributed by atoms with E-state index >= 15 is 0 Å². The molecular weight excluding hydrogens is 230 g/mol. The van der Waals surface area contributed by atoms with Gasteiger partial charge in [0.1, 0.15) is 0 Å². The van der Waals surface area contributed by atoms with E-state index in [9.17, 15) is 9.59 Å². The molecule has 1 aromatic rings. The number of primary amides is 1. The van der Waals surface area contributed by atoms with Gasteiger partial charge in [0.05, 0.1) is 0 Å². The van der Waals surface area contributed by atoms with Crippen LogP contribution in [-0.2, 0) is 4.79 Å². The van der Waals surface area contributed by atoms with Crippen molar-refractivity contribution in [1.82, 2.24) is 5.32 Å². The van der Waals surface area contributed by atoms with E-state index in [1.54, 1.807) is 6.07 Å². The zero-order valence-electron chi connectivity index (χ0n) is 10.7. The monoisotopic (exact) mass is 249 g/mol. The summed E-state index contributed by atoms with van der Waals surface area (Å²) >= 11 is 0. The first-order chi connectivity index (χ1) is 8.54. The van der Waals surface area contributed by atoms with Crippen molar-refractivity contribution in [3.05, 3.63) is 29.3 Å². The summed E-state index contributed by atoms with van der Waals surface area (Å²) in [6, 6.07) is 5.45. The van der Waals surface area contributed by atoms with Crippen molar-refractivity contribution in [2.75, 3.05) is 18.4 Å². The number of aryl methyl sites for hydroxylation is 1. The van der Waals surface area contributed by atoms with E-state index in [2.05, 4.69) is 10.6 Å². The summed E-state index contributed by atoms with van der Waals surface area (Å²) < 4.78 is 0. The lowest BCUT2D eigenvalue weighted by Gasteiger charge is -2.09. The second kappa shape index (κ2) is 6.64. The third kappa shape index (κ3) is 4.08. The summed E-state index contributed by atoms with van der Waals surface area (Å²) in [5, 5.41) is 5.86. The van der Waals surface area contributed by atoms with Gasteiger partial charge in [0, 0.05) is 30.8 Å². The fourth-order valence-electron chi connectivity index (χ4n) is 1.59. The number of anilines is 1. The molecule has 4 N–H and O–H groups in total. The number of carbonyl (C=O) groups excluding carboxylic acids is 2. The summed E-state index contributed by atoms with van der Waals surface area (Å²) in [6.45, 7) is 5.06. The smallest absolute Gasteiger partial charge is 0.251 e. The molecule has 1 aromatic carbocycles. The summed E-state index contributed by atoms with van der Waals surface area (Å²) in [5.41, 5.74) is 7.61. The van der Waals surface area contributed by atoms with Gasteiger partial charge in [0.25, 0.3) is 5.91 Å². The van der Waals surface area contributed by atoms with E-state index in [4.69, 9.17) is 5.73 Å². The number of nitrogens with one attached hydrogen (secondary N) is 2. The minimum Gasteiger partial charge on any atom is -0.385 e.